The van der Waals surface area contributed by atoms with E-state index in [0.29, 0.717) is 6.04 Å². The van der Waals surface area contributed by atoms with E-state index in [0.717, 1.165) is 25.9 Å². The molecule has 2 N–H and O–H groups in total. The quantitative estimate of drug-likeness (QED) is 0.855. The van der Waals surface area contributed by atoms with Crippen LogP contribution in [0, 0.1) is 0 Å². The van der Waals surface area contributed by atoms with Gasteiger partial charge in [0.15, 0.2) is 0 Å². The second kappa shape index (κ2) is 5.72. The van der Waals surface area contributed by atoms with E-state index >= 15 is 0 Å². The SMILES string of the molecule is CC(C)NC1(CO)CCN(c2ccccc2)CC1. The van der Waals surface area contributed by atoms with E-state index in [9.17, 15) is 5.11 Å². The fraction of sp³-hybridized carbons (Fsp3) is 0.600. The molecule has 0 radical (unpaired) electrons. The molecule has 1 aromatic carbocycles. The van der Waals surface area contributed by atoms with Crippen molar-refractivity contribution < 1.29 is 5.11 Å². The Balaban J connectivity index is 1.98. The summed E-state index contributed by atoms with van der Waals surface area (Å²) in [5.41, 5.74) is 1.20. The topological polar surface area (TPSA) is 35.5 Å². The first-order valence-electron chi connectivity index (χ1n) is 6.84. The number of rotatable bonds is 4. The van der Waals surface area contributed by atoms with Gasteiger partial charge in [-0.1, -0.05) is 32.0 Å². The van der Waals surface area contributed by atoms with Crippen molar-refractivity contribution in [2.45, 2.75) is 38.3 Å². The predicted octanol–water partition coefficient (Wildman–Crippen LogP) is 2.02. The van der Waals surface area contributed by atoms with Gasteiger partial charge < -0.3 is 15.3 Å². The van der Waals surface area contributed by atoms with Gasteiger partial charge in [-0.3, -0.25) is 0 Å². The molecule has 100 valence electrons. The van der Waals surface area contributed by atoms with Gasteiger partial charge >= 0.3 is 0 Å². The summed E-state index contributed by atoms with van der Waals surface area (Å²) in [6, 6.07) is 10.9. The molecule has 1 heterocycles. The Labute approximate surface area is 110 Å². The molecule has 0 aromatic heterocycles. The zero-order chi connectivity index (χ0) is 13.0. The second-order valence-corrected chi connectivity index (χ2v) is 5.56. The van der Waals surface area contributed by atoms with Gasteiger partial charge in [0.2, 0.25) is 0 Å². The van der Waals surface area contributed by atoms with Crippen LogP contribution in [0.5, 0.6) is 0 Å². The maximum Gasteiger partial charge on any atom is 0.0614 e. The van der Waals surface area contributed by atoms with Gasteiger partial charge in [0, 0.05) is 30.4 Å². The number of anilines is 1. The van der Waals surface area contributed by atoms with E-state index < -0.39 is 0 Å². The molecular weight excluding hydrogens is 224 g/mol. The van der Waals surface area contributed by atoms with Crippen LogP contribution in [0.4, 0.5) is 5.69 Å². The largest absolute Gasteiger partial charge is 0.394 e. The molecule has 18 heavy (non-hydrogen) atoms. The van der Waals surface area contributed by atoms with Crippen LogP contribution in [-0.2, 0) is 0 Å². The fourth-order valence-electron chi connectivity index (χ4n) is 2.79. The molecule has 0 amide bonds. The van der Waals surface area contributed by atoms with Gasteiger partial charge in [-0.15, -0.1) is 0 Å². The highest BCUT2D eigenvalue weighted by atomic mass is 16.3. The number of para-hydroxylation sites is 1. The normalized spacial score (nSPS) is 19.2. The first kappa shape index (κ1) is 13.4. The van der Waals surface area contributed by atoms with Crippen molar-refractivity contribution in [1.82, 2.24) is 5.32 Å². The Bertz CT molecular complexity index is 356. The minimum Gasteiger partial charge on any atom is -0.394 e. The molecule has 1 aromatic rings. The average molecular weight is 248 g/mol. The van der Waals surface area contributed by atoms with Gasteiger partial charge in [-0.2, -0.15) is 0 Å². The summed E-state index contributed by atoms with van der Waals surface area (Å²) in [6.07, 6.45) is 1.99. The van der Waals surface area contributed by atoms with E-state index in [1.165, 1.54) is 5.69 Å². The first-order valence-corrected chi connectivity index (χ1v) is 6.84. The molecule has 3 heteroatoms. The van der Waals surface area contributed by atoms with Crippen LogP contribution in [0.25, 0.3) is 0 Å². The molecular formula is C15H24N2O. The summed E-state index contributed by atoms with van der Waals surface area (Å²) < 4.78 is 0. The van der Waals surface area contributed by atoms with Gasteiger partial charge in [0.1, 0.15) is 0 Å². The maximum atomic E-state index is 9.67. The van der Waals surface area contributed by atoms with Gasteiger partial charge in [0.05, 0.1) is 6.61 Å². The Kier molecular flexibility index (Phi) is 4.25. The van der Waals surface area contributed by atoms with E-state index in [4.69, 9.17) is 0 Å². The van der Waals surface area contributed by atoms with Gasteiger partial charge in [-0.25, -0.2) is 0 Å². The zero-order valence-corrected chi connectivity index (χ0v) is 11.4. The molecule has 1 aliphatic rings. The van der Waals surface area contributed by atoms with Crippen molar-refractivity contribution in [1.29, 1.82) is 0 Å². The number of hydrogen-bond acceptors (Lipinski definition) is 3. The Morgan fingerprint density at radius 3 is 2.33 bits per heavy atom. The van der Waals surface area contributed by atoms with Crippen LogP contribution in [-0.4, -0.2) is 36.4 Å². The Morgan fingerprint density at radius 1 is 1.22 bits per heavy atom. The van der Waals surface area contributed by atoms with Crippen molar-refractivity contribution in [3.8, 4) is 0 Å². The number of aliphatic hydroxyl groups excluding tert-OH is 1. The minimum atomic E-state index is -0.0839. The third-order valence-electron chi connectivity index (χ3n) is 3.74. The molecule has 0 aliphatic carbocycles. The number of hydrogen-bond donors (Lipinski definition) is 2. The lowest BCUT2D eigenvalue weighted by Crippen LogP contribution is -2.57. The molecule has 1 saturated heterocycles. The van der Waals surface area contributed by atoms with Crippen LogP contribution in [0.15, 0.2) is 30.3 Å². The number of nitrogens with one attached hydrogen (secondary N) is 1. The lowest BCUT2D eigenvalue weighted by molar-refractivity contribution is 0.125. The fourth-order valence-corrected chi connectivity index (χ4v) is 2.79. The van der Waals surface area contributed by atoms with Crippen LogP contribution in [0.3, 0.4) is 0 Å². The van der Waals surface area contributed by atoms with Crippen molar-refractivity contribution in [2.24, 2.45) is 0 Å². The van der Waals surface area contributed by atoms with Crippen molar-refractivity contribution >= 4 is 5.69 Å². The third-order valence-corrected chi connectivity index (χ3v) is 3.74. The third kappa shape index (κ3) is 3.03. The maximum absolute atomic E-state index is 9.67. The zero-order valence-electron chi connectivity index (χ0n) is 11.4. The molecule has 3 nitrogen and oxygen atoms in total. The summed E-state index contributed by atoms with van der Waals surface area (Å²) >= 11 is 0. The molecule has 0 atom stereocenters. The lowest BCUT2D eigenvalue weighted by atomic mass is 9.87. The predicted molar refractivity (Wildman–Crippen MR) is 76.0 cm³/mol. The second-order valence-electron chi connectivity index (χ2n) is 5.56. The molecule has 0 bridgehead atoms. The van der Waals surface area contributed by atoms with Crippen LogP contribution < -0.4 is 10.2 Å². The molecule has 2 rings (SSSR count). The lowest BCUT2D eigenvalue weighted by Gasteiger charge is -2.43. The van der Waals surface area contributed by atoms with Crippen molar-refractivity contribution in [3.63, 3.8) is 0 Å². The number of nitrogens with zero attached hydrogens (tertiary/aromatic N) is 1. The highest BCUT2D eigenvalue weighted by Crippen LogP contribution is 2.26. The standard InChI is InChI=1S/C15H24N2O/c1-13(2)16-15(12-18)8-10-17(11-9-15)14-6-4-3-5-7-14/h3-7,13,16,18H,8-12H2,1-2H3. The number of aliphatic hydroxyl groups is 1. The molecule has 0 saturated carbocycles. The van der Waals surface area contributed by atoms with E-state index in [1.807, 2.05) is 6.07 Å². The summed E-state index contributed by atoms with van der Waals surface area (Å²) in [5, 5.41) is 13.2. The van der Waals surface area contributed by atoms with E-state index in [-0.39, 0.29) is 12.1 Å². The molecule has 0 spiro atoms. The van der Waals surface area contributed by atoms with Crippen molar-refractivity contribution in [2.75, 3.05) is 24.6 Å². The molecule has 1 fully saturated rings. The summed E-state index contributed by atoms with van der Waals surface area (Å²) in [7, 11) is 0. The monoisotopic (exact) mass is 248 g/mol. The summed E-state index contributed by atoms with van der Waals surface area (Å²) in [4.78, 5) is 2.40. The highest BCUT2D eigenvalue weighted by molar-refractivity contribution is 5.46. The van der Waals surface area contributed by atoms with Gasteiger partial charge in [-0.05, 0) is 25.0 Å². The van der Waals surface area contributed by atoms with Crippen LogP contribution >= 0.6 is 0 Å². The smallest absolute Gasteiger partial charge is 0.0614 e. The summed E-state index contributed by atoms with van der Waals surface area (Å²) in [5.74, 6) is 0. The van der Waals surface area contributed by atoms with Gasteiger partial charge in [0.25, 0.3) is 0 Å². The number of benzene rings is 1. The molecule has 1 aliphatic heterocycles. The van der Waals surface area contributed by atoms with Crippen LogP contribution in [0.1, 0.15) is 26.7 Å². The number of piperidine rings is 1. The van der Waals surface area contributed by atoms with Crippen molar-refractivity contribution in [3.05, 3.63) is 30.3 Å². The minimum absolute atomic E-state index is 0.0839. The molecule has 0 unspecified atom stereocenters. The average Bonchev–Trinajstić information content (AvgIpc) is 2.40. The summed E-state index contributed by atoms with van der Waals surface area (Å²) in [6.45, 7) is 6.52. The first-order chi connectivity index (χ1) is 8.65. The van der Waals surface area contributed by atoms with Crippen LogP contribution in [0.2, 0.25) is 0 Å². The van der Waals surface area contributed by atoms with E-state index in [1.54, 1.807) is 0 Å². The highest BCUT2D eigenvalue weighted by Gasteiger charge is 2.34. The Hall–Kier alpha value is -1.06. The van der Waals surface area contributed by atoms with E-state index in [2.05, 4.69) is 48.3 Å². The Morgan fingerprint density at radius 2 is 1.83 bits per heavy atom.